The van der Waals surface area contributed by atoms with Crippen LogP contribution in [0.3, 0.4) is 0 Å². The molecule has 0 bridgehead atoms. The van der Waals surface area contributed by atoms with E-state index in [9.17, 15) is 4.21 Å². The topological polar surface area (TPSA) is 70.1 Å². The van der Waals surface area contributed by atoms with Gasteiger partial charge in [-0.3, -0.25) is 10.1 Å². The molecule has 1 aromatic rings. The summed E-state index contributed by atoms with van der Waals surface area (Å²) in [6, 6.07) is 1.89. The van der Waals surface area contributed by atoms with E-state index in [2.05, 4.69) is 27.4 Å². The molecule has 124 valence electrons. The second-order valence-electron chi connectivity index (χ2n) is 5.49. The standard InChI is InChI=1S/C16H22N4OS2/c1-2-3-6-17-9-10-22-16-13-11-18-7-4-12(13)15(23(16)21)14-5-8-19-20-14/h5,8,11,17H,2-4,6-7,9-10H2,1H3,(H,19,20). The molecular weight excluding hydrogens is 328 g/mol. The maximum Gasteiger partial charge on any atom is 0.0946 e. The zero-order valence-electron chi connectivity index (χ0n) is 13.3. The lowest BCUT2D eigenvalue weighted by Crippen LogP contribution is -2.18. The van der Waals surface area contributed by atoms with Crippen LogP contribution in [0.15, 0.2) is 32.6 Å². The van der Waals surface area contributed by atoms with Gasteiger partial charge in [0.15, 0.2) is 0 Å². The molecule has 2 N–H and O–H groups in total. The molecule has 0 radical (unpaired) electrons. The van der Waals surface area contributed by atoms with E-state index < -0.39 is 10.8 Å². The Bertz CT molecular complexity index is 662. The number of thioether (sulfide) groups is 1. The number of H-pyrrole nitrogens is 1. The summed E-state index contributed by atoms with van der Waals surface area (Å²) in [7, 11) is -1.12. The van der Waals surface area contributed by atoms with Crippen LogP contribution in [-0.4, -0.2) is 46.0 Å². The van der Waals surface area contributed by atoms with Crippen molar-refractivity contribution in [3.8, 4) is 0 Å². The van der Waals surface area contributed by atoms with Gasteiger partial charge < -0.3 is 5.32 Å². The van der Waals surface area contributed by atoms with Gasteiger partial charge in [-0.2, -0.15) is 5.10 Å². The summed E-state index contributed by atoms with van der Waals surface area (Å²) >= 11 is 1.69. The van der Waals surface area contributed by atoms with Gasteiger partial charge in [-0.25, -0.2) is 4.21 Å². The fourth-order valence-corrected chi connectivity index (χ4v) is 5.68. The first-order valence-electron chi connectivity index (χ1n) is 8.05. The normalized spacial score (nSPS) is 20.5. The summed E-state index contributed by atoms with van der Waals surface area (Å²) in [5, 5.41) is 10.4. The van der Waals surface area contributed by atoms with Crippen LogP contribution in [-0.2, 0) is 10.8 Å². The van der Waals surface area contributed by atoms with Gasteiger partial charge in [0.1, 0.15) is 0 Å². The highest BCUT2D eigenvalue weighted by atomic mass is 32.2. The highest BCUT2D eigenvalue weighted by Crippen LogP contribution is 2.44. The number of rotatable bonds is 8. The van der Waals surface area contributed by atoms with Crippen LogP contribution in [0.4, 0.5) is 0 Å². The maximum atomic E-state index is 13.0. The number of unbranched alkanes of at least 4 members (excludes halogenated alkanes) is 1. The Morgan fingerprint density at radius 2 is 2.35 bits per heavy atom. The first-order chi connectivity index (χ1) is 11.3. The summed E-state index contributed by atoms with van der Waals surface area (Å²) in [5.41, 5.74) is 3.10. The van der Waals surface area contributed by atoms with Crippen molar-refractivity contribution < 1.29 is 4.21 Å². The molecule has 7 heteroatoms. The predicted molar refractivity (Wildman–Crippen MR) is 98.9 cm³/mol. The summed E-state index contributed by atoms with van der Waals surface area (Å²) in [4.78, 5) is 5.28. The Balaban J connectivity index is 1.70. The third-order valence-corrected chi connectivity index (χ3v) is 6.94. The fraction of sp³-hybridized carbons (Fsp3) is 0.500. The van der Waals surface area contributed by atoms with Crippen molar-refractivity contribution in [3.05, 3.63) is 33.3 Å². The second kappa shape index (κ2) is 8.08. The Morgan fingerprint density at radius 3 is 3.13 bits per heavy atom. The van der Waals surface area contributed by atoms with Gasteiger partial charge >= 0.3 is 0 Å². The summed E-state index contributed by atoms with van der Waals surface area (Å²) in [6.45, 7) is 4.95. The van der Waals surface area contributed by atoms with E-state index in [4.69, 9.17) is 0 Å². The van der Waals surface area contributed by atoms with E-state index in [-0.39, 0.29) is 0 Å². The lowest BCUT2D eigenvalue weighted by Gasteiger charge is -2.10. The summed E-state index contributed by atoms with van der Waals surface area (Å²) in [5.74, 6) is 0.922. The lowest BCUT2D eigenvalue weighted by atomic mass is 10.0. The van der Waals surface area contributed by atoms with Crippen LogP contribution >= 0.6 is 11.8 Å². The zero-order valence-corrected chi connectivity index (χ0v) is 14.9. The zero-order chi connectivity index (χ0) is 16.1. The van der Waals surface area contributed by atoms with Crippen LogP contribution in [0.5, 0.6) is 0 Å². The Hall–Kier alpha value is -1.18. The van der Waals surface area contributed by atoms with Crippen LogP contribution in [0, 0.1) is 0 Å². The monoisotopic (exact) mass is 350 g/mol. The molecule has 0 aromatic carbocycles. The minimum absolute atomic E-state index is 0.768. The van der Waals surface area contributed by atoms with E-state index in [0.29, 0.717) is 0 Å². The van der Waals surface area contributed by atoms with Crippen molar-refractivity contribution in [2.75, 3.05) is 25.4 Å². The third kappa shape index (κ3) is 3.67. The van der Waals surface area contributed by atoms with E-state index in [1.54, 1.807) is 18.0 Å². The molecule has 0 aliphatic carbocycles. The number of allylic oxidation sites excluding steroid dienone is 1. The molecule has 2 aliphatic rings. The quantitative estimate of drug-likeness (QED) is 0.707. The number of aromatic nitrogens is 2. The summed E-state index contributed by atoms with van der Waals surface area (Å²) < 4.78 is 13.9. The van der Waals surface area contributed by atoms with Crippen molar-refractivity contribution in [2.24, 2.45) is 4.99 Å². The number of aliphatic imine (C=N–C) groups is 1. The van der Waals surface area contributed by atoms with Crippen molar-refractivity contribution in [2.45, 2.75) is 26.2 Å². The molecular formula is C16H22N4OS2. The molecule has 0 amide bonds. The molecule has 1 unspecified atom stereocenters. The molecule has 0 saturated heterocycles. The molecule has 5 nitrogen and oxygen atoms in total. The van der Waals surface area contributed by atoms with Gasteiger partial charge in [0.2, 0.25) is 0 Å². The second-order valence-corrected chi connectivity index (χ2v) is 8.20. The number of nitrogens with one attached hydrogen (secondary N) is 2. The van der Waals surface area contributed by atoms with Gasteiger partial charge in [-0.05, 0) is 31.0 Å². The predicted octanol–water partition coefficient (Wildman–Crippen LogP) is 2.69. The van der Waals surface area contributed by atoms with Gasteiger partial charge in [-0.15, -0.1) is 11.8 Å². The average molecular weight is 351 g/mol. The van der Waals surface area contributed by atoms with Crippen LogP contribution in [0.25, 0.3) is 4.91 Å². The molecule has 0 saturated carbocycles. The van der Waals surface area contributed by atoms with Crippen molar-refractivity contribution in [1.82, 2.24) is 15.5 Å². The number of fused-ring (bicyclic) bond motifs is 1. The van der Waals surface area contributed by atoms with Gasteiger partial charge in [0.25, 0.3) is 0 Å². The largest absolute Gasteiger partial charge is 0.316 e. The molecule has 23 heavy (non-hydrogen) atoms. The number of hydrogen-bond donors (Lipinski definition) is 2. The summed E-state index contributed by atoms with van der Waals surface area (Å²) in [6.07, 6.45) is 6.86. The number of nitrogens with zero attached hydrogens (tertiary/aromatic N) is 2. The van der Waals surface area contributed by atoms with Gasteiger partial charge in [0.05, 0.1) is 25.6 Å². The third-order valence-electron chi connectivity index (χ3n) is 3.85. The van der Waals surface area contributed by atoms with Crippen LogP contribution in [0.1, 0.15) is 31.9 Å². The average Bonchev–Trinajstić information content (AvgIpc) is 3.17. The molecule has 1 atom stereocenters. The maximum absolute atomic E-state index is 13.0. The first-order valence-corrected chi connectivity index (χ1v) is 10.2. The highest BCUT2D eigenvalue weighted by Gasteiger charge is 2.33. The molecule has 1 aromatic heterocycles. The van der Waals surface area contributed by atoms with Crippen molar-refractivity contribution >= 4 is 33.7 Å². The minimum Gasteiger partial charge on any atom is -0.316 e. The smallest absolute Gasteiger partial charge is 0.0946 e. The van der Waals surface area contributed by atoms with E-state index >= 15 is 0 Å². The molecule has 2 aliphatic heterocycles. The number of hydrogen-bond acceptors (Lipinski definition) is 5. The first kappa shape index (κ1) is 16.7. The SMILES string of the molecule is CCCCNCCSC1=C2C=NCCC2=C(c2ccn[nH]2)S1=O. The van der Waals surface area contributed by atoms with Gasteiger partial charge in [0, 0.05) is 36.8 Å². The highest BCUT2D eigenvalue weighted by molar-refractivity contribution is 8.19. The molecule has 0 fully saturated rings. The molecule has 3 rings (SSSR count). The Kier molecular flexibility index (Phi) is 5.85. The van der Waals surface area contributed by atoms with Gasteiger partial charge in [-0.1, -0.05) is 13.3 Å². The lowest BCUT2D eigenvalue weighted by molar-refractivity contribution is 0.666. The van der Waals surface area contributed by atoms with E-state index in [1.807, 2.05) is 12.3 Å². The molecule has 0 spiro atoms. The minimum atomic E-state index is -1.12. The Morgan fingerprint density at radius 1 is 1.43 bits per heavy atom. The van der Waals surface area contributed by atoms with Crippen LogP contribution < -0.4 is 5.32 Å². The van der Waals surface area contributed by atoms with E-state index in [0.717, 1.165) is 52.2 Å². The fourth-order valence-electron chi connectivity index (χ4n) is 2.68. The Labute approximate surface area is 143 Å². The van der Waals surface area contributed by atoms with Crippen molar-refractivity contribution in [1.29, 1.82) is 0 Å². The van der Waals surface area contributed by atoms with Crippen LogP contribution in [0.2, 0.25) is 0 Å². The van der Waals surface area contributed by atoms with Crippen molar-refractivity contribution in [3.63, 3.8) is 0 Å². The van der Waals surface area contributed by atoms with E-state index in [1.165, 1.54) is 18.4 Å². The number of aromatic amines is 1. The molecule has 3 heterocycles.